The van der Waals surface area contributed by atoms with Crippen LogP contribution in [0.25, 0.3) is 0 Å². The van der Waals surface area contributed by atoms with Crippen molar-refractivity contribution in [3.8, 4) is 0 Å². The van der Waals surface area contributed by atoms with Gasteiger partial charge < -0.3 is 20.7 Å². The van der Waals surface area contributed by atoms with Crippen LogP contribution in [0, 0.1) is 5.82 Å². The first kappa shape index (κ1) is 23.6. The van der Waals surface area contributed by atoms with Crippen molar-refractivity contribution in [3.05, 3.63) is 30.1 Å². The topological polar surface area (TPSA) is 74.8 Å². The van der Waals surface area contributed by atoms with Crippen molar-refractivity contribution in [2.24, 2.45) is 4.99 Å². The number of hydrogen-bond donors (Lipinski definition) is 3. The van der Waals surface area contributed by atoms with Crippen LogP contribution in [0.5, 0.6) is 0 Å². The molecule has 0 saturated heterocycles. The van der Waals surface area contributed by atoms with Gasteiger partial charge in [-0.2, -0.15) is 0 Å². The number of amides is 1. The Hall–Kier alpha value is -1.42. The first-order valence-corrected chi connectivity index (χ1v) is 8.23. The number of benzene rings is 1. The highest BCUT2D eigenvalue weighted by molar-refractivity contribution is 14.0. The van der Waals surface area contributed by atoms with Crippen molar-refractivity contribution >= 4 is 41.5 Å². The van der Waals surface area contributed by atoms with Gasteiger partial charge in [0.25, 0.3) is 0 Å². The van der Waals surface area contributed by atoms with Crippen LogP contribution in [0.3, 0.4) is 0 Å². The number of carbonyl (C=O) groups excluding carboxylic acids is 1. The fraction of sp³-hybridized carbons (Fsp3) is 0.529. The van der Waals surface area contributed by atoms with Crippen molar-refractivity contribution in [1.29, 1.82) is 0 Å². The molecule has 6 nitrogen and oxygen atoms in total. The highest BCUT2D eigenvalue weighted by atomic mass is 127. The van der Waals surface area contributed by atoms with Gasteiger partial charge in [0.2, 0.25) is 5.91 Å². The summed E-state index contributed by atoms with van der Waals surface area (Å²) in [5.41, 5.74) is 0.551. The van der Waals surface area contributed by atoms with Crippen LogP contribution in [0.15, 0.2) is 29.3 Å². The van der Waals surface area contributed by atoms with Gasteiger partial charge in [0.1, 0.15) is 5.82 Å². The predicted molar refractivity (Wildman–Crippen MR) is 110 cm³/mol. The Kier molecular flexibility index (Phi) is 14.0. The van der Waals surface area contributed by atoms with Gasteiger partial charge >= 0.3 is 0 Å². The van der Waals surface area contributed by atoms with Gasteiger partial charge in [-0.15, -0.1) is 24.0 Å². The standard InChI is InChI=1S/C17H27FN4O2.HI/c1-3-4-11-24-12-5-10-20-17(19-2)21-13-16(23)22-15-8-6-14(18)7-9-15;/h6-9H,3-5,10-13H2,1-2H3,(H,22,23)(H2,19,20,21);1H. The molecule has 0 aromatic heterocycles. The van der Waals surface area contributed by atoms with E-state index in [0.717, 1.165) is 25.9 Å². The van der Waals surface area contributed by atoms with E-state index < -0.39 is 0 Å². The zero-order valence-corrected chi connectivity index (χ0v) is 17.1. The minimum Gasteiger partial charge on any atom is -0.381 e. The Morgan fingerprint density at radius 3 is 2.48 bits per heavy atom. The molecule has 0 radical (unpaired) electrons. The van der Waals surface area contributed by atoms with Crippen LogP contribution in [0.4, 0.5) is 10.1 Å². The lowest BCUT2D eigenvalue weighted by atomic mass is 10.3. The van der Waals surface area contributed by atoms with E-state index in [9.17, 15) is 9.18 Å². The molecule has 0 unspecified atom stereocenters. The summed E-state index contributed by atoms with van der Waals surface area (Å²) in [5.74, 6) is -0.0142. The number of guanidine groups is 1. The van der Waals surface area contributed by atoms with E-state index in [2.05, 4.69) is 27.9 Å². The summed E-state index contributed by atoms with van der Waals surface area (Å²) in [6, 6.07) is 5.62. The zero-order valence-electron chi connectivity index (χ0n) is 14.8. The smallest absolute Gasteiger partial charge is 0.243 e. The van der Waals surface area contributed by atoms with E-state index in [1.807, 2.05) is 0 Å². The Morgan fingerprint density at radius 2 is 1.84 bits per heavy atom. The van der Waals surface area contributed by atoms with Gasteiger partial charge in [0.05, 0.1) is 6.54 Å². The molecule has 0 aliphatic heterocycles. The lowest BCUT2D eigenvalue weighted by Crippen LogP contribution is -2.41. The first-order valence-electron chi connectivity index (χ1n) is 8.23. The molecule has 0 bridgehead atoms. The molecule has 1 aromatic carbocycles. The summed E-state index contributed by atoms with van der Waals surface area (Å²) in [7, 11) is 1.64. The van der Waals surface area contributed by atoms with Gasteiger partial charge in [0, 0.05) is 32.5 Å². The van der Waals surface area contributed by atoms with E-state index in [0.29, 0.717) is 24.8 Å². The summed E-state index contributed by atoms with van der Waals surface area (Å²) in [6.07, 6.45) is 3.08. The molecule has 25 heavy (non-hydrogen) atoms. The van der Waals surface area contributed by atoms with E-state index in [-0.39, 0.29) is 42.2 Å². The number of halogens is 2. The number of unbranched alkanes of at least 4 members (excludes halogenated alkanes) is 1. The lowest BCUT2D eigenvalue weighted by molar-refractivity contribution is -0.115. The van der Waals surface area contributed by atoms with Gasteiger partial charge in [0.15, 0.2) is 5.96 Å². The second-order valence-corrected chi connectivity index (χ2v) is 5.23. The van der Waals surface area contributed by atoms with Crippen molar-refractivity contribution in [2.45, 2.75) is 26.2 Å². The molecule has 142 valence electrons. The number of ether oxygens (including phenoxy) is 1. The van der Waals surface area contributed by atoms with E-state index in [4.69, 9.17) is 4.74 Å². The fourth-order valence-corrected chi connectivity index (χ4v) is 1.85. The quantitative estimate of drug-likeness (QED) is 0.215. The number of rotatable bonds is 10. The third-order valence-corrected chi connectivity index (χ3v) is 3.17. The number of nitrogens with one attached hydrogen (secondary N) is 3. The number of nitrogens with zero attached hydrogens (tertiary/aromatic N) is 1. The van der Waals surface area contributed by atoms with Crippen LogP contribution in [0.1, 0.15) is 26.2 Å². The van der Waals surface area contributed by atoms with E-state index in [1.165, 1.54) is 24.3 Å². The number of anilines is 1. The second-order valence-electron chi connectivity index (χ2n) is 5.23. The Labute approximate surface area is 166 Å². The minimum absolute atomic E-state index is 0. The fourth-order valence-electron chi connectivity index (χ4n) is 1.85. The third-order valence-electron chi connectivity index (χ3n) is 3.17. The predicted octanol–water partition coefficient (Wildman–Crippen LogP) is 2.75. The van der Waals surface area contributed by atoms with Gasteiger partial charge in [-0.25, -0.2) is 4.39 Å². The summed E-state index contributed by atoms with van der Waals surface area (Å²) in [5, 5.41) is 8.71. The second kappa shape index (κ2) is 14.9. The molecule has 1 amide bonds. The largest absolute Gasteiger partial charge is 0.381 e. The first-order chi connectivity index (χ1) is 11.7. The molecule has 0 spiro atoms. The monoisotopic (exact) mass is 466 g/mol. The van der Waals surface area contributed by atoms with E-state index in [1.54, 1.807) is 7.05 Å². The Morgan fingerprint density at radius 1 is 1.16 bits per heavy atom. The molecule has 1 aromatic rings. The van der Waals surface area contributed by atoms with E-state index >= 15 is 0 Å². The molecular weight excluding hydrogens is 438 g/mol. The maximum absolute atomic E-state index is 12.8. The molecule has 0 fully saturated rings. The maximum Gasteiger partial charge on any atom is 0.243 e. The molecule has 0 saturated carbocycles. The summed E-state index contributed by atoms with van der Waals surface area (Å²) in [4.78, 5) is 15.9. The number of hydrogen-bond acceptors (Lipinski definition) is 3. The van der Waals surface area contributed by atoms with Crippen molar-refractivity contribution in [1.82, 2.24) is 10.6 Å². The molecule has 0 aliphatic rings. The molecule has 8 heteroatoms. The lowest BCUT2D eigenvalue weighted by Gasteiger charge is -2.12. The SMILES string of the molecule is CCCCOCCCNC(=NC)NCC(=O)Nc1ccc(F)cc1.I. The molecule has 0 aliphatic carbocycles. The third kappa shape index (κ3) is 11.7. The van der Waals surface area contributed by atoms with Crippen LogP contribution < -0.4 is 16.0 Å². The van der Waals surface area contributed by atoms with Crippen molar-refractivity contribution in [2.75, 3.05) is 38.7 Å². The Bertz CT molecular complexity index is 512. The number of aliphatic imine (C=N–C) groups is 1. The Balaban J connectivity index is 0.00000576. The zero-order chi connectivity index (χ0) is 17.6. The summed E-state index contributed by atoms with van der Waals surface area (Å²) in [6.45, 7) is 4.42. The maximum atomic E-state index is 12.8. The van der Waals surface area contributed by atoms with Gasteiger partial charge in [-0.1, -0.05) is 13.3 Å². The van der Waals surface area contributed by atoms with Crippen molar-refractivity contribution < 1.29 is 13.9 Å². The molecule has 0 atom stereocenters. The molecule has 3 N–H and O–H groups in total. The minimum atomic E-state index is -0.339. The van der Waals surface area contributed by atoms with Crippen molar-refractivity contribution in [3.63, 3.8) is 0 Å². The number of carbonyl (C=O) groups is 1. The average molecular weight is 466 g/mol. The van der Waals surface area contributed by atoms with Crippen LogP contribution in [-0.4, -0.2) is 45.2 Å². The van der Waals surface area contributed by atoms with Crippen LogP contribution in [0.2, 0.25) is 0 Å². The van der Waals surface area contributed by atoms with Crippen LogP contribution in [-0.2, 0) is 9.53 Å². The van der Waals surface area contributed by atoms with Gasteiger partial charge in [-0.3, -0.25) is 9.79 Å². The van der Waals surface area contributed by atoms with Crippen LogP contribution >= 0.6 is 24.0 Å². The normalized spacial score (nSPS) is 10.8. The summed E-state index contributed by atoms with van der Waals surface area (Å²) < 4.78 is 18.3. The average Bonchev–Trinajstić information content (AvgIpc) is 2.58. The summed E-state index contributed by atoms with van der Waals surface area (Å²) >= 11 is 0. The molecule has 0 heterocycles. The molecular formula is C17H28FIN4O2. The highest BCUT2D eigenvalue weighted by Crippen LogP contribution is 2.07. The van der Waals surface area contributed by atoms with Gasteiger partial charge in [-0.05, 0) is 37.1 Å². The highest BCUT2D eigenvalue weighted by Gasteiger charge is 2.04. The molecule has 1 rings (SSSR count).